The summed E-state index contributed by atoms with van der Waals surface area (Å²) in [6, 6.07) is 0. The SMILES string of the molecule is O=C([O-])CCCC(=O)OCCC(F)(F)C(F)(F)C(F)(F)C(F)(F)C(F)(F)C(F)(F)C(F)(F)C(F)(F)F.[NH3+]C(CO)(CO)CO. The minimum absolute atomic E-state index is 0.292. The van der Waals surface area contributed by atoms with Crippen molar-refractivity contribution in [3.63, 3.8) is 0 Å². The van der Waals surface area contributed by atoms with Crippen molar-refractivity contribution in [2.24, 2.45) is 0 Å². The van der Waals surface area contributed by atoms with Crippen LogP contribution in [0.5, 0.6) is 0 Å². The molecule has 0 aromatic carbocycles. The van der Waals surface area contributed by atoms with Crippen molar-refractivity contribution in [3.05, 3.63) is 0 Å². The van der Waals surface area contributed by atoms with Crippen LogP contribution in [0.4, 0.5) is 74.6 Å². The first kappa shape index (κ1) is 43.7. The molecule has 44 heavy (non-hydrogen) atoms. The molecule has 0 aromatic rings. The quantitative estimate of drug-likeness (QED) is 0.142. The molecule has 0 saturated carbocycles. The normalized spacial score (nSPS) is 14.6. The van der Waals surface area contributed by atoms with Crippen molar-refractivity contribution >= 4 is 11.9 Å². The van der Waals surface area contributed by atoms with Gasteiger partial charge in [-0.2, -0.15) is 74.6 Å². The van der Waals surface area contributed by atoms with Crippen LogP contribution in [-0.2, 0) is 14.3 Å². The molecule has 0 aromatic heterocycles. The van der Waals surface area contributed by atoms with Crippen molar-refractivity contribution in [1.29, 1.82) is 0 Å². The van der Waals surface area contributed by atoms with Gasteiger partial charge in [0.05, 0.1) is 13.0 Å². The lowest BCUT2D eigenvalue weighted by Gasteiger charge is -2.42. The van der Waals surface area contributed by atoms with E-state index in [9.17, 15) is 89.3 Å². The van der Waals surface area contributed by atoms with E-state index in [4.69, 9.17) is 15.3 Å². The van der Waals surface area contributed by atoms with Gasteiger partial charge in [-0.1, -0.05) is 0 Å². The number of hydrogen-bond acceptors (Lipinski definition) is 7. The highest BCUT2D eigenvalue weighted by molar-refractivity contribution is 5.70. The number of aliphatic carboxylic acids is 1. The largest absolute Gasteiger partial charge is 0.550 e. The molecule has 25 heteroatoms. The maximum absolute atomic E-state index is 13.6. The monoisotopic (exact) mass is 699 g/mol. The third-order valence-corrected chi connectivity index (χ3v) is 5.23. The summed E-state index contributed by atoms with van der Waals surface area (Å²) in [7, 11) is 0. The van der Waals surface area contributed by atoms with Gasteiger partial charge in [0.25, 0.3) is 0 Å². The summed E-state index contributed by atoms with van der Waals surface area (Å²) in [5.74, 6) is -60.5. The Balaban J connectivity index is 0. The standard InChI is InChI=1S/C15H11F17O4.C4H11NO3/c16-8(17,4-5-36-7(35)3-1-2-6(33)34)9(18,19)10(20,21)11(22,23)12(24,25)13(26,27)14(28,29)15(30,31)32;5-4(1-6,2-7)3-8/h1-5H2,(H,33,34);6-8H,1-3,5H2. The number of alkyl halides is 17. The van der Waals surface area contributed by atoms with Gasteiger partial charge in [-0.3, -0.25) is 4.79 Å². The molecule has 6 N–H and O–H groups in total. The molecule has 0 aliphatic rings. The number of carboxylic acids is 1. The summed E-state index contributed by atoms with van der Waals surface area (Å²) in [4.78, 5) is 21.1. The van der Waals surface area contributed by atoms with Gasteiger partial charge >= 0.3 is 53.6 Å². The maximum atomic E-state index is 13.6. The Morgan fingerprint density at radius 1 is 0.591 bits per heavy atom. The highest BCUT2D eigenvalue weighted by atomic mass is 19.4. The average Bonchev–Trinajstić information content (AvgIpc) is 2.86. The van der Waals surface area contributed by atoms with Crippen LogP contribution >= 0.6 is 0 Å². The minimum Gasteiger partial charge on any atom is -0.550 e. The Hall–Kier alpha value is -2.41. The van der Waals surface area contributed by atoms with Crippen molar-refractivity contribution in [1.82, 2.24) is 0 Å². The highest BCUT2D eigenvalue weighted by Crippen LogP contribution is 2.64. The van der Waals surface area contributed by atoms with Crippen LogP contribution in [0.3, 0.4) is 0 Å². The molecule has 0 radical (unpaired) electrons. The number of aliphatic hydroxyl groups excluding tert-OH is 3. The molecule has 0 aliphatic heterocycles. The first-order valence-electron chi connectivity index (χ1n) is 11.0. The molecule has 0 unspecified atom stereocenters. The van der Waals surface area contributed by atoms with E-state index in [1.807, 2.05) is 0 Å². The number of halogens is 17. The summed E-state index contributed by atoms with van der Waals surface area (Å²) in [6.07, 6.45) is -13.1. The average molecular weight is 699 g/mol. The number of aliphatic hydroxyl groups is 3. The number of esters is 1. The van der Waals surface area contributed by atoms with Crippen molar-refractivity contribution in [2.45, 2.75) is 78.9 Å². The molecule has 0 amide bonds. The van der Waals surface area contributed by atoms with Crippen molar-refractivity contribution in [3.8, 4) is 0 Å². The zero-order chi connectivity index (χ0) is 36.0. The smallest absolute Gasteiger partial charge is 0.460 e. The van der Waals surface area contributed by atoms with Gasteiger partial charge in [0.15, 0.2) is 5.54 Å². The van der Waals surface area contributed by atoms with Gasteiger partial charge in [-0.05, 0) is 12.8 Å². The second-order valence-corrected chi connectivity index (χ2v) is 8.82. The third kappa shape index (κ3) is 8.64. The molecule has 264 valence electrons. The van der Waals surface area contributed by atoms with Crippen LogP contribution in [0.25, 0.3) is 0 Å². The third-order valence-electron chi connectivity index (χ3n) is 5.23. The van der Waals surface area contributed by atoms with E-state index in [2.05, 4.69) is 10.5 Å². The van der Waals surface area contributed by atoms with E-state index in [1.165, 1.54) is 0 Å². The van der Waals surface area contributed by atoms with E-state index in [1.54, 1.807) is 0 Å². The Morgan fingerprint density at radius 2 is 0.932 bits per heavy atom. The molecular weight excluding hydrogens is 677 g/mol. The van der Waals surface area contributed by atoms with Crippen LogP contribution in [0, 0.1) is 0 Å². The lowest BCUT2D eigenvalue weighted by atomic mass is 9.88. The molecule has 0 rings (SSSR count). The van der Waals surface area contributed by atoms with Crippen molar-refractivity contribution in [2.75, 3.05) is 26.4 Å². The van der Waals surface area contributed by atoms with Gasteiger partial charge in [-0.15, -0.1) is 0 Å². The lowest BCUT2D eigenvalue weighted by molar-refractivity contribution is -0.494. The fourth-order valence-corrected chi connectivity index (χ4v) is 2.25. The fourth-order valence-electron chi connectivity index (χ4n) is 2.25. The summed E-state index contributed by atoms with van der Waals surface area (Å²) in [5, 5.41) is 35.3. The number of carbonyl (C=O) groups excluding carboxylic acids is 2. The van der Waals surface area contributed by atoms with Gasteiger partial charge in [0.1, 0.15) is 19.8 Å². The number of hydrogen-bond donors (Lipinski definition) is 4. The van der Waals surface area contributed by atoms with Crippen LogP contribution in [0.15, 0.2) is 0 Å². The zero-order valence-corrected chi connectivity index (χ0v) is 21.3. The Morgan fingerprint density at radius 3 is 1.23 bits per heavy atom. The molecule has 0 saturated heterocycles. The number of carboxylic acid groups (broad SMARTS) is 1. The van der Waals surface area contributed by atoms with Crippen LogP contribution in [0.2, 0.25) is 0 Å². The number of ether oxygens (including phenoxy) is 1. The molecule has 8 nitrogen and oxygen atoms in total. The van der Waals surface area contributed by atoms with Crippen molar-refractivity contribution < 1.29 is 115 Å². The minimum atomic E-state index is -8.71. The zero-order valence-electron chi connectivity index (χ0n) is 21.3. The Labute approximate surface area is 233 Å². The second-order valence-electron chi connectivity index (χ2n) is 8.82. The van der Waals surface area contributed by atoms with Gasteiger partial charge in [-0.25, -0.2) is 0 Å². The molecule has 0 bridgehead atoms. The topological polar surface area (TPSA) is 155 Å². The highest BCUT2D eigenvalue weighted by Gasteiger charge is 2.95. The fraction of sp³-hybridized carbons (Fsp3) is 0.895. The molecule has 0 spiro atoms. The van der Waals surface area contributed by atoms with Gasteiger partial charge in [0.2, 0.25) is 0 Å². The molecule has 0 heterocycles. The van der Waals surface area contributed by atoms with E-state index in [0.29, 0.717) is 0 Å². The van der Waals surface area contributed by atoms with Gasteiger partial charge < -0.3 is 35.7 Å². The first-order chi connectivity index (χ1) is 19.2. The maximum Gasteiger partial charge on any atom is 0.460 e. The first-order valence-corrected chi connectivity index (χ1v) is 11.0. The predicted molar refractivity (Wildman–Crippen MR) is 102 cm³/mol. The predicted octanol–water partition coefficient (Wildman–Crippen LogP) is 1.79. The lowest BCUT2D eigenvalue weighted by Crippen LogP contribution is -2.78. The van der Waals surface area contributed by atoms with E-state index >= 15 is 0 Å². The Bertz CT molecular complexity index is 945. The number of carbonyl (C=O) groups is 2. The molecule has 0 fully saturated rings. The molecular formula is C19H22F17NO7. The summed E-state index contributed by atoms with van der Waals surface area (Å²) < 4.78 is 226. The summed E-state index contributed by atoms with van der Waals surface area (Å²) in [6.45, 7) is -2.95. The molecule has 0 aliphatic carbocycles. The van der Waals surface area contributed by atoms with E-state index in [-0.39, 0.29) is 19.8 Å². The van der Waals surface area contributed by atoms with Crippen LogP contribution in [-0.4, -0.2) is 107 Å². The van der Waals surface area contributed by atoms with Crippen LogP contribution in [0.1, 0.15) is 25.7 Å². The van der Waals surface area contributed by atoms with E-state index < -0.39 is 97.4 Å². The summed E-state index contributed by atoms with van der Waals surface area (Å²) in [5.41, 5.74) is 2.42. The number of quaternary nitrogens is 1. The van der Waals surface area contributed by atoms with E-state index in [0.717, 1.165) is 0 Å². The van der Waals surface area contributed by atoms with Crippen LogP contribution < -0.4 is 10.8 Å². The summed E-state index contributed by atoms with van der Waals surface area (Å²) >= 11 is 0. The Kier molecular flexibility index (Phi) is 14.3. The molecule has 0 atom stereocenters. The second kappa shape index (κ2) is 14.3. The number of rotatable bonds is 16. The van der Waals surface area contributed by atoms with Gasteiger partial charge in [0, 0.05) is 12.4 Å².